The van der Waals surface area contributed by atoms with Crippen molar-refractivity contribution in [3.05, 3.63) is 29.1 Å². The molecule has 0 fully saturated rings. The molecule has 0 aliphatic carbocycles. The van der Waals surface area contributed by atoms with E-state index in [1.807, 2.05) is 0 Å². The zero-order valence-corrected chi connectivity index (χ0v) is 7.86. The van der Waals surface area contributed by atoms with Crippen LogP contribution in [0.4, 0.5) is 26.3 Å². The van der Waals surface area contributed by atoms with Gasteiger partial charge in [-0.05, 0) is 12.1 Å². The lowest BCUT2D eigenvalue weighted by atomic mass is 10.1. The minimum absolute atomic E-state index is 0.259. The van der Waals surface area contributed by atoms with Crippen LogP contribution in [0, 0.1) is 0 Å². The van der Waals surface area contributed by atoms with Gasteiger partial charge in [-0.25, -0.2) is 4.98 Å². The highest BCUT2D eigenvalue weighted by molar-refractivity contribution is 5.94. The summed E-state index contributed by atoms with van der Waals surface area (Å²) >= 11 is 0. The van der Waals surface area contributed by atoms with Crippen molar-refractivity contribution in [3.8, 4) is 0 Å². The maximum absolute atomic E-state index is 12.3. The number of nitrogens with two attached hydrogens (primary N) is 1. The van der Waals surface area contributed by atoms with Crippen LogP contribution in [0.15, 0.2) is 12.1 Å². The Morgan fingerprint density at radius 1 is 1.06 bits per heavy atom. The monoisotopic (exact) mass is 258 g/mol. The van der Waals surface area contributed by atoms with Crippen LogP contribution in [0.1, 0.15) is 21.7 Å². The fraction of sp³-hybridized carbons (Fsp3) is 0.250. The van der Waals surface area contributed by atoms with E-state index in [0.29, 0.717) is 6.07 Å². The summed E-state index contributed by atoms with van der Waals surface area (Å²) in [6.07, 6.45) is -10.2. The van der Waals surface area contributed by atoms with Gasteiger partial charge < -0.3 is 5.73 Å². The van der Waals surface area contributed by atoms with Gasteiger partial charge in [0.05, 0.1) is 5.56 Å². The highest BCUT2D eigenvalue weighted by atomic mass is 19.4. The average molecular weight is 258 g/mol. The quantitative estimate of drug-likeness (QED) is 0.785. The summed E-state index contributed by atoms with van der Waals surface area (Å²) in [6.45, 7) is 0. The Hall–Kier alpha value is -1.80. The molecule has 0 radical (unpaired) electrons. The average Bonchev–Trinajstić information content (AvgIpc) is 2.14. The summed E-state index contributed by atoms with van der Waals surface area (Å²) in [5.74, 6) is -1.50. The molecule has 0 unspecified atom stereocenters. The second-order valence-corrected chi connectivity index (χ2v) is 2.95. The van der Waals surface area contributed by atoms with Gasteiger partial charge in [0, 0.05) is 0 Å². The lowest BCUT2D eigenvalue weighted by Crippen LogP contribution is -2.22. The van der Waals surface area contributed by atoms with Crippen molar-refractivity contribution >= 4 is 5.91 Å². The zero-order valence-electron chi connectivity index (χ0n) is 7.86. The number of hydrogen-bond donors (Lipinski definition) is 1. The first-order valence-electron chi connectivity index (χ1n) is 3.98. The van der Waals surface area contributed by atoms with E-state index in [1.54, 1.807) is 0 Å². The summed E-state index contributed by atoms with van der Waals surface area (Å²) < 4.78 is 73.4. The standard InChI is InChI=1S/C8H4F6N2O/c9-7(10,11)4-2-1-3(6(15)17)5(16-4)8(12,13)14/h1-2H,(H2,15,17). The maximum atomic E-state index is 12.3. The fourth-order valence-corrected chi connectivity index (χ4v) is 1.03. The van der Waals surface area contributed by atoms with Gasteiger partial charge >= 0.3 is 12.4 Å². The molecule has 0 atom stereocenters. The molecule has 3 nitrogen and oxygen atoms in total. The number of nitrogens with zero attached hydrogens (tertiary/aromatic N) is 1. The number of carbonyl (C=O) groups excluding carboxylic acids is 1. The smallest absolute Gasteiger partial charge is 0.366 e. The lowest BCUT2D eigenvalue weighted by molar-refractivity contribution is -0.150. The zero-order chi connectivity index (χ0) is 13.4. The van der Waals surface area contributed by atoms with E-state index in [4.69, 9.17) is 0 Å². The third-order valence-electron chi connectivity index (χ3n) is 1.72. The van der Waals surface area contributed by atoms with Gasteiger partial charge in [0.15, 0.2) is 5.69 Å². The molecular weight excluding hydrogens is 254 g/mol. The van der Waals surface area contributed by atoms with Gasteiger partial charge in [-0.15, -0.1) is 0 Å². The number of hydrogen-bond acceptors (Lipinski definition) is 2. The lowest BCUT2D eigenvalue weighted by Gasteiger charge is -2.12. The molecule has 2 N–H and O–H groups in total. The number of aromatic nitrogens is 1. The van der Waals surface area contributed by atoms with Gasteiger partial charge in [-0.1, -0.05) is 0 Å². The Morgan fingerprint density at radius 3 is 1.94 bits per heavy atom. The van der Waals surface area contributed by atoms with Crippen LogP contribution >= 0.6 is 0 Å². The largest absolute Gasteiger partial charge is 0.434 e. The Bertz CT molecular complexity index is 450. The normalized spacial score (nSPS) is 12.6. The molecule has 0 aliphatic heterocycles. The second kappa shape index (κ2) is 3.90. The molecule has 1 rings (SSSR count). The Kier molecular flexibility index (Phi) is 3.04. The van der Waals surface area contributed by atoms with E-state index in [1.165, 1.54) is 0 Å². The van der Waals surface area contributed by atoms with E-state index in [9.17, 15) is 31.1 Å². The van der Waals surface area contributed by atoms with E-state index in [0.717, 1.165) is 0 Å². The van der Waals surface area contributed by atoms with Crippen molar-refractivity contribution in [2.24, 2.45) is 5.73 Å². The van der Waals surface area contributed by atoms with Crippen LogP contribution in [0.25, 0.3) is 0 Å². The van der Waals surface area contributed by atoms with Crippen LogP contribution in [-0.4, -0.2) is 10.9 Å². The van der Waals surface area contributed by atoms with E-state index in [-0.39, 0.29) is 6.07 Å². The molecule has 0 saturated heterocycles. The van der Waals surface area contributed by atoms with Gasteiger partial charge in [-0.3, -0.25) is 4.79 Å². The van der Waals surface area contributed by atoms with Crippen molar-refractivity contribution in [2.75, 3.05) is 0 Å². The molecule has 17 heavy (non-hydrogen) atoms. The number of pyridine rings is 1. The summed E-state index contributed by atoms with van der Waals surface area (Å²) in [7, 11) is 0. The Morgan fingerprint density at radius 2 is 1.59 bits per heavy atom. The number of rotatable bonds is 1. The molecule has 1 heterocycles. The predicted octanol–water partition coefficient (Wildman–Crippen LogP) is 2.22. The van der Waals surface area contributed by atoms with Crippen LogP contribution in [0.3, 0.4) is 0 Å². The van der Waals surface area contributed by atoms with Gasteiger partial charge in [0.1, 0.15) is 5.69 Å². The fourth-order valence-electron chi connectivity index (χ4n) is 1.03. The van der Waals surface area contributed by atoms with Crippen LogP contribution in [0.2, 0.25) is 0 Å². The van der Waals surface area contributed by atoms with E-state index >= 15 is 0 Å². The van der Waals surface area contributed by atoms with Gasteiger partial charge in [-0.2, -0.15) is 26.3 Å². The summed E-state index contributed by atoms with van der Waals surface area (Å²) in [4.78, 5) is 13.0. The van der Waals surface area contributed by atoms with Crippen molar-refractivity contribution in [3.63, 3.8) is 0 Å². The van der Waals surface area contributed by atoms with Crippen molar-refractivity contribution < 1.29 is 31.1 Å². The predicted molar refractivity (Wildman–Crippen MR) is 42.8 cm³/mol. The number of primary amides is 1. The number of carbonyl (C=O) groups is 1. The SMILES string of the molecule is NC(=O)c1ccc(C(F)(F)F)nc1C(F)(F)F. The molecule has 0 spiro atoms. The molecule has 94 valence electrons. The highest BCUT2D eigenvalue weighted by Gasteiger charge is 2.40. The van der Waals surface area contributed by atoms with Crippen LogP contribution in [0.5, 0.6) is 0 Å². The minimum Gasteiger partial charge on any atom is -0.366 e. The van der Waals surface area contributed by atoms with Crippen molar-refractivity contribution in [1.82, 2.24) is 4.98 Å². The first kappa shape index (κ1) is 13.3. The number of amides is 1. The molecule has 0 aromatic carbocycles. The van der Waals surface area contributed by atoms with Crippen molar-refractivity contribution in [2.45, 2.75) is 12.4 Å². The van der Waals surface area contributed by atoms with Crippen molar-refractivity contribution in [1.29, 1.82) is 0 Å². The molecule has 1 aromatic rings. The Balaban J connectivity index is 3.46. The summed E-state index contributed by atoms with van der Waals surface area (Å²) in [6, 6.07) is 0.607. The van der Waals surface area contributed by atoms with Crippen LogP contribution in [-0.2, 0) is 12.4 Å². The topological polar surface area (TPSA) is 56.0 Å². The van der Waals surface area contributed by atoms with E-state index in [2.05, 4.69) is 10.7 Å². The summed E-state index contributed by atoms with van der Waals surface area (Å²) in [5, 5.41) is 0. The molecule has 1 amide bonds. The highest BCUT2D eigenvalue weighted by Crippen LogP contribution is 2.34. The molecule has 0 bridgehead atoms. The maximum Gasteiger partial charge on any atom is 0.434 e. The van der Waals surface area contributed by atoms with Gasteiger partial charge in [0.25, 0.3) is 5.91 Å². The molecule has 9 heteroatoms. The molecule has 0 saturated carbocycles. The number of alkyl halides is 6. The third kappa shape index (κ3) is 2.86. The molecule has 1 aromatic heterocycles. The Labute approximate surface area is 90.2 Å². The van der Waals surface area contributed by atoms with Gasteiger partial charge in [0.2, 0.25) is 0 Å². The second-order valence-electron chi connectivity index (χ2n) is 2.95. The first-order valence-corrected chi connectivity index (χ1v) is 3.98. The molecule has 0 aliphatic rings. The van der Waals surface area contributed by atoms with Crippen LogP contribution < -0.4 is 5.73 Å². The summed E-state index contributed by atoms with van der Waals surface area (Å²) in [5.41, 5.74) is -0.181. The third-order valence-corrected chi connectivity index (χ3v) is 1.72. The number of halogens is 6. The first-order chi connectivity index (χ1) is 7.53. The molecular formula is C8H4F6N2O. The van der Waals surface area contributed by atoms with E-state index < -0.39 is 35.2 Å². The minimum atomic E-state index is -5.19.